The third-order valence-electron chi connectivity index (χ3n) is 5.99. The summed E-state index contributed by atoms with van der Waals surface area (Å²) in [5.41, 5.74) is 3.07. The van der Waals surface area contributed by atoms with E-state index in [0.717, 1.165) is 24.0 Å². The molecule has 0 saturated heterocycles. The van der Waals surface area contributed by atoms with Crippen LogP contribution in [-0.4, -0.2) is 50.5 Å². The number of aromatic nitrogens is 5. The lowest BCUT2D eigenvalue weighted by molar-refractivity contribution is 0.0964. The van der Waals surface area contributed by atoms with E-state index in [-0.39, 0.29) is 36.3 Å². The van der Waals surface area contributed by atoms with Gasteiger partial charge in [0.2, 0.25) is 5.95 Å². The largest absolute Gasteiger partial charge is 0.369 e. The summed E-state index contributed by atoms with van der Waals surface area (Å²) in [6, 6.07) is 6.95. The summed E-state index contributed by atoms with van der Waals surface area (Å²) < 4.78 is 14.7. The van der Waals surface area contributed by atoms with Crippen molar-refractivity contribution in [2.24, 2.45) is 0 Å². The molecule has 9 nitrogen and oxygen atoms in total. The van der Waals surface area contributed by atoms with E-state index in [2.05, 4.69) is 40.9 Å². The van der Waals surface area contributed by atoms with Crippen molar-refractivity contribution in [2.45, 2.75) is 31.7 Å². The number of nitrogens with zero attached hydrogens (tertiary/aromatic N) is 5. The Morgan fingerprint density at radius 2 is 1.89 bits per heavy atom. The molecule has 4 aromatic rings. The van der Waals surface area contributed by atoms with Gasteiger partial charge in [-0.3, -0.25) is 9.78 Å². The number of fused-ring (bicyclic) bond motifs is 1. The molecule has 1 amide bonds. The summed E-state index contributed by atoms with van der Waals surface area (Å²) in [6.07, 6.45) is 8.82. The average Bonchev–Trinajstić information content (AvgIpc) is 3.71. The smallest absolute Gasteiger partial charge is 0.251 e. The summed E-state index contributed by atoms with van der Waals surface area (Å²) in [5, 5.41) is 9.37. The Morgan fingerprint density at radius 3 is 2.61 bits per heavy atom. The Labute approximate surface area is 214 Å². The van der Waals surface area contributed by atoms with E-state index >= 15 is 0 Å². The van der Waals surface area contributed by atoms with Crippen LogP contribution in [-0.2, 0) is 0 Å². The minimum absolute atomic E-state index is 0. The molecule has 1 aliphatic carbocycles. The SMILES string of the molecule is CNC(=O)c1ccnc2c([C@H](C)CNc3cc(-c4cnc(NC5CC5)nc4)ncn3)ccc(F)c12.S. The minimum atomic E-state index is -0.475. The monoisotopic (exact) mass is 506 g/mol. The Morgan fingerprint density at radius 1 is 1.11 bits per heavy atom. The van der Waals surface area contributed by atoms with Gasteiger partial charge in [0.25, 0.3) is 5.91 Å². The Balaban J connectivity index is 0.00000304. The van der Waals surface area contributed by atoms with Crippen molar-refractivity contribution in [3.8, 4) is 11.3 Å². The molecule has 1 saturated carbocycles. The summed E-state index contributed by atoms with van der Waals surface area (Å²) in [4.78, 5) is 34.0. The summed E-state index contributed by atoms with van der Waals surface area (Å²) in [6.45, 7) is 2.53. The molecule has 0 spiro atoms. The van der Waals surface area contributed by atoms with Gasteiger partial charge in [-0.15, -0.1) is 0 Å². The second kappa shape index (κ2) is 10.8. The number of benzene rings is 1. The average molecular weight is 507 g/mol. The molecule has 11 heteroatoms. The van der Waals surface area contributed by atoms with Crippen LogP contribution >= 0.6 is 13.5 Å². The van der Waals surface area contributed by atoms with Gasteiger partial charge < -0.3 is 16.0 Å². The van der Waals surface area contributed by atoms with Gasteiger partial charge in [-0.05, 0) is 30.5 Å². The Kier molecular flexibility index (Phi) is 7.58. The first kappa shape index (κ1) is 25.2. The van der Waals surface area contributed by atoms with Crippen LogP contribution in [0.3, 0.4) is 0 Å². The van der Waals surface area contributed by atoms with E-state index in [9.17, 15) is 9.18 Å². The maximum atomic E-state index is 14.7. The number of nitrogens with one attached hydrogen (secondary N) is 3. The van der Waals surface area contributed by atoms with E-state index < -0.39 is 5.82 Å². The number of pyridine rings is 1. The molecule has 1 fully saturated rings. The molecule has 5 rings (SSSR count). The molecule has 3 N–H and O–H groups in total. The lowest BCUT2D eigenvalue weighted by Gasteiger charge is -2.17. The molecule has 36 heavy (non-hydrogen) atoms. The summed E-state index contributed by atoms with van der Waals surface area (Å²) in [5.74, 6) is 0.398. The van der Waals surface area contributed by atoms with Crippen molar-refractivity contribution in [1.29, 1.82) is 0 Å². The van der Waals surface area contributed by atoms with Crippen molar-refractivity contribution < 1.29 is 9.18 Å². The van der Waals surface area contributed by atoms with Gasteiger partial charge in [-0.1, -0.05) is 13.0 Å². The van der Waals surface area contributed by atoms with Gasteiger partial charge in [0.1, 0.15) is 18.0 Å². The number of carbonyl (C=O) groups excluding carboxylic acids is 1. The van der Waals surface area contributed by atoms with Gasteiger partial charge in [0.15, 0.2) is 0 Å². The molecule has 1 atom stereocenters. The molecule has 0 unspecified atom stereocenters. The number of hydrogen-bond donors (Lipinski definition) is 3. The highest BCUT2D eigenvalue weighted by Crippen LogP contribution is 2.29. The molecular formula is C25H27FN8OS. The molecule has 1 aromatic carbocycles. The number of halogens is 1. The number of carbonyl (C=O) groups is 1. The van der Waals surface area contributed by atoms with Gasteiger partial charge in [-0.2, -0.15) is 13.5 Å². The van der Waals surface area contributed by atoms with E-state index in [4.69, 9.17) is 0 Å². The van der Waals surface area contributed by atoms with Crippen molar-refractivity contribution in [3.63, 3.8) is 0 Å². The van der Waals surface area contributed by atoms with E-state index in [1.807, 2.05) is 13.0 Å². The molecule has 3 aromatic heterocycles. The van der Waals surface area contributed by atoms with Crippen LogP contribution in [0.2, 0.25) is 0 Å². The second-order valence-corrected chi connectivity index (χ2v) is 8.58. The number of amides is 1. The fraction of sp³-hybridized carbons (Fsp3) is 0.280. The van der Waals surface area contributed by atoms with Crippen molar-refractivity contribution >= 4 is 42.1 Å². The van der Waals surface area contributed by atoms with Crippen LogP contribution in [0, 0.1) is 5.82 Å². The fourth-order valence-corrected chi connectivity index (χ4v) is 3.89. The van der Waals surface area contributed by atoms with Crippen LogP contribution < -0.4 is 16.0 Å². The van der Waals surface area contributed by atoms with Gasteiger partial charge in [0.05, 0.1) is 16.8 Å². The van der Waals surface area contributed by atoms with Crippen LogP contribution in [0.15, 0.2) is 49.2 Å². The van der Waals surface area contributed by atoms with Crippen molar-refractivity contribution in [1.82, 2.24) is 30.2 Å². The summed E-state index contributed by atoms with van der Waals surface area (Å²) in [7, 11) is 1.52. The maximum Gasteiger partial charge on any atom is 0.251 e. The molecule has 0 aliphatic heterocycles. The third-order valence-corrected chi connectivity index (χ3v) is 5.99. The molecule has 3 heterocycles. The maximum absolute atomic E-state index is 14.7. The van der Waals surface area contributed by atoms with Crippen LogP contribution in [0.5, 0.6) is 0 Å². The minimum Gasteiger partial charge on any atom is -0.369 e. The molecule has 186 valence electrons. The highest BCUT2D eigenvalue weighted by atomic mass is 32.1. The van der Waals surface area contributed by atoms with Gasteiger partial charge >= 0.3 is 0 Å². The van der Waals surface area contributed by atoms with Crippen LogP contribution in [0.4, 0.5) is 16.2 Å². The first-order valence-corrected chi connectivity index (χ1v) is 11.5. The van der Waals surface area contributed by atoms with E-state index in [1.165, 1.54) is 31.7 Å². The van der Waals surface area contributed by atoms with E-state index in [1.54, 1.807) is 18.5 Å². The number of anilines is 2. The van der Waals surface area contributed by atoms with Crippen molar-refractivity contribution in [2.75, 3.05) is 24.2 Å². The predicted octanol–water partition coefficient (Wildman–Crippen LogP) is 3.88. The zero-order valence-corrected chi connectivity index (χ0v) is 20.9. The van der Waals surface area contributed by atoms with Crippen molar-refractivity contribution in [3.05, 3.63) is 66.1 Å². The lowest BCUT2D eigenvalue weighted by Crippen LogP contribution is -2.19. The molecule has 1 aliphatic rings. The zero-order chi connectivity index (χ0) is 24.4. The highest BCUT2D eigenvalue weighted by molar-refractivity contribution is 7.59. The number of rotatable bonds is 8. The summed E-state index contributed by atoms with van der Waals surface area (Å²) >= 11 is 0. The topological polar surface area (TPSA) is 118 Å². The highest BCUT2D eigenvalue weighted by Gasteiger charge is 2.22. The first-order chi connectivity index (χ1) is 17.0. The predicted molar refractivity (Wildman–Crippen MR) is 142 cm³/mol. The molecule has 0 radical (unpaired) electrons. The Bertz CT molecular complexity index is 1380. The van der Waals surface area contributed by atoms with Gasteiger partial charge in [-0.25, -0.2) is 24.3 Å². The molecule has 0 bridgehead atoms. The zero-order valence-electron chi connectivity index (χ0n) is 19.9. The number of hydrogen-bond acceptors (Lipinski definition) is 8. The Hall–Kier alpha value is -3.86. The first-order valence-electron chi connectivity index (χ1n) is 11.5. The lowest BCUT2D eigenvalue weighted by atomic mass is 9.95. The third kappa shape index (κ3) is 5.35. The quantitative estimate of drug-likeness (QED) is 0.330. The van der Waals surface area contributed by atoms with Crippen LogP contribution in [0.25, 0.3) is 22.2 Å². The fourth-order valence-electron chi connectivity index (χ4n) is 3.89. The second-order valence-electron chi connectivity index (χ2n) is 8.58. The van der Waals surface area contributed by atoms with E-state index in [0.29, 0.717) is 35.6 Å². The standard InChI is InChI=1S/C25H25FN8O.H2S/c1-14(17-5-6-19(26)22-18(24(35)27-2)7-8-28-23(17)22)10-29-21-9-20(32-13-33-21)15-11-30-25(31-12-15)34-16-3-4-16;/h5-9,11-14,16H,3-4,10H2,1-2H3,(H,27,35)(H,29,32,33)(H,30,31,34);1H2/t14-;/m1./s1. The van der Waals surface area contributed by atoms with Crippen LogP contribution in [0.1, 0.15) is 41.6 Å². The molecular weight excluding hydrogens is 479 g/mol. The normalized spacial score (nSPS) is 13.5. The van der Waals surface area contributed by atoms with Gasteiger partial charge in [0, 0.05) is 61.2 Å².